The van der Waals surface area contributed by atoms with Crippen molar-refractivity contribution in [1.82, 2.24) is 9.97 Å². The molecule has 0 aliphatic rings. The van der Waals surface area contributed by atoms with Crippen molar-refractivity contribution in [2.24, 2.45) is 0 Å². The minimum atomic E-state index is -1.02. The van der Waals surface area contributed by atoms with E-state index in [1.807, 2.05) is 5.38 Å². The largest absolute Gasteiger partial charge is 0.477 e. The van der Waals surface area contributed by atoms with Crippen LogP contribution in [0.1, 0.15) is 34.9 Å². The Kier molecular flexibility index (Phi) is 3.88. The van der Waals surface area contributed by atoms with Crippen molar-refractivity contribution in [2.75, 3.05) is 5.32 Å². The van der Waals surface area contributed by atoms with Gasteiger partial charge < -0.3 is 10.4 Å². The highest BCUT2D eigenvalue weighted by atomic mass is 32.1. The molecule has 2 aromatic rings. The van der Waals surface area contributed by atoms with Crippen LogP contribution in [-0.4, -0.2) is 21.0 Å². The Morgan fingerprint density at radius 1 is 1.50 bits per heavy atom. The summed E-state index contributed by atoms with van der Waals surface area (Å²) in [5, 5.41) is 15.0. The molecule has 0 radical (unpaired) electrons. The van der Waals surface area contributed by atoms with E-state index in [1.54, 1.807) is 23.6 Å². The molecule has 2 N–H and O–H groups in total. The van der Waals surface area contributed by atoms with Crippen molar-refractivity contribution in [1.29, 1.82) is 0 Å². The van der Waals surface area contributed by atoms with Crippen LogP contribution < -0.4 is 5.32 Å². The molecule has 18 heavy (non-hydrogen) atoms. The predicted octanol–water partition coefficient (Wildman–Crippen LogP) is 2.80. The van der Waals surface area contributed by atoms with Gasteiger partial charge in [-0.15, -0.1) is 11.3 Å². The van der Waals surface area contributed by atoms with Gasteiger partial charge in [0.05, 0.1) is 17.9 Å². The first-order chi connectivity index (χ1) is 8.70. The summed E-state index contributed by atoms with van der Waals surface area (Å²) in [7, 11) is 0. The maximum Gasteiger partial charge on any atom is 0.354 e. The van der Waals surface area contributed by atoms with E-state index in [0.29, 0.717) is 0 Å². The number of anilines is 1. The number of aromatic carboxylic acids is 1. The van der Waals surface area contributed by atoms with Gasteiger partial charge in [-0.1, -0.05) is 6.92 Å². The molecule has 2 rings (SSSR count). The molecule has 0 aliphatic carbocycles. The molecule has 0 saturated heterocycles. The van der Waals surface area contributed by atoms with E-state index in [-0.39, 0.29) is 11.7 Å². The highest BCUT2D eigenvalue weighted by Crippen LogP contribution is 2.23. The summed E-state index contributed by atoms with van der Waals surface area (Å²) in [5.74, 6) is -1.02. The first-order valence-corrected chi connectivity index (χ1v) is 6.44. The predicted molar refractivity (Wildman–Crippen MR) is 70.0 cm³/mol. The van der Waals surface area contributed by atoms with Gasteiger partial charge in [0.15, 0.2) is 0 Å². The number of nitrogens with one attached hydrogen (secondary N) is 1. The fourth-order valence-electron chi connectivity index (χ4n) is 1.55. The maximum absolute atomic E-state index is 10.7. The molecule has 2 heterocycles. The second kappa shape index (κ2) is 5.59. The third-order valence-electron chi connectivity index (χ3n) is 2.48. The van der Waals surface area contributed by atoms with Crippen molar-refractivity contribution in [2.45, 2.75) is 19.4 Å². The first kappa shape index (κ1) is 12.5. The Labute approximate surface area is 109 Å². The van der Waals surface area contributed by atoms with Gasteiger partial charge in [-0.05, 0) is 18.6 Å². The zero-order valence-electron chi connectivity index (χ0n) is 9.83. The Morgan fingerprint density at radius 2 is 2.33 bits per heavy atom. The van der Waals surface area contributed by atoms with Crippen molar-refractivity contribution in [3.8, 4) is 0 Å². The molecule has 0 bridgehead atoms. The van der Waals surface area contributed by atoms with Crippen LogP contribution in [-0.2, 0) is 0 Å². The van der Waals surface area contributed by atoms with Gasteiger partial charge in [0, 0.05) is 11.6 Å². The lowest BCUT2D eigenvalue weighted by Crippen LogP contribution is -2.10. The van der Waals surface area contributed by atoms with Crippen LogP contribution in [0.5, 0.6) is 0 Å². The van der Waals surface area contributed by atoms with Gasteiger partial charge in [0.2, 0.25) is 0 Å². The lowest BCUT2D eigenvalue weighted by molar-refractivity contribution is 0.0690. The highest BCUT2D eigenvalue weighted by Gasteiger charge is 2.12. The number of carboxylic acid groups (broad SMARTS) is 1. The summed E-state index contributed by atoms with van der Waals surface area (Å²) in [6, 6.07) is 3.33. The summed E-state index contributed by atoms with van der Waals surface area (Å²) >= 11 is 1.59. The second-order valence-electron chi connectivity index (χ2n) is 3.71. The van der Waals surface area contributed by atoms with E-state index >= 15 is 0 Å². The number of aromatic nitrogens is 2. The summed E-state index contributed by atoms with van der Waals surface area (Å²) < 4.78 is 0. The highest BCUT2D eigenvalue weighted by molar-refractivity contribution is 7.09. The second-order valence-corrected chi connectivity index (χ2v) is 4.64. The summed E-state index contributed by atoms with van der Waals surface area (Å²) in [6.07, 6.45) is 4.20. The molecule has 2 aromatic heterocycles. The number of nitrogens with zero attached hydrogens (tertiary/aromatic N) is 2. The van der Waals surface area contributed by atoms with Gasteiger partial charge >= 0.3 is 5.97 Å². The molecule has 0 aromatic carbocycles. The maximum atomic E-state index is 10.7. The summed E-state index contributed by atoms with van der Waals surface area (Å²) in [4.78, 5) is 18.8. The summed E-state index contributed by atoms with van der Waals surface area (Å²) in [6.45, 7) is 2.07. The number of carbonyl (C=O) groups is 1. The lowest BCUT2D eigenvalue weighted by atomic mass is 10.2. The van der Waals surface area contributed by atoms with Crippen LogP contribution in [0.3, 0.4) is 0 Å². The fraction of sp³-hybridized carbons (Fsp3) is 0.250. The Morgan fingerprint density at radius 3 is 2.83 bits per heavy atom. The fourth-order valence-corrected chi connectivity index (χ4v) is 2.32. The standard InChI is InChI=1S/C12H13N3O2S/c1-2-9(11-13-5-6-18-11)15-8-3-4-10(12(16)17)14-7-8/h3-7,9,15H,2H2,1H3,(H,16,17). The smallest absolute Gasteiger partial charge is 0.354 e. The molecule has 0 saturated carbocycles. The molecule has 0 amide bonds. The van der Waals surface area contributed by atoms with E-state index in [4.69, 9.17) is 5.11 Å². The van der Waals surface area contributed by atoms with E-state index in [9.17, 15) is 4.79 Å². The first-order valence-electron chi connectivity index (χ1n) is 5.56. The van der Waals surface area contributed by atoms with E-state index in [0.717, 1.165) is 17.1 Å². The molecule has 1 atom stereocenters. The molecule has 5 nitrogen and oxygen atoms in total. The van der Waals surface area contributed by atoms with Gasteiger partial charge in [-0.2, -0.15) is 0 Å². The van der Waals surface area contributed by atoms with Crippen LogP contribution in [0.15, 0.2) is 29.9 Å². The molecule has 0 fully saturated rings. The van der Waals surface area contributed by atoms with Gasteiger partial charge in [-0.3, -0.25) is 0 Å². The average Bonchev–Trinajstić information content (AvgIpc) is 2.90. The quantitative estimate of drug-likeness (QED) is 0.867. The number of pyridine rings is 1. The minimum absolute atomic E-state index is 0.0443. The number of hydrogen-bond acceptors (Lipinski definition) is 5. The zero-order valence-corrected chi connectivity index (χ0v) is 10.6. The SMILES string of the molecule is CCC(Nc1ccc(C(=O)O)nc1)c1nccs1. The molecule has 0 spiro atoms. The number of carboxylic acids is 1. The normalized spacial score (nSPS) is 12.1. The molecule has 1 unspecified atom stereocenters. The lowest BCUT2D eigenvalue weighted by Gasteiger charge is -2.15. The average molecular weight is 263 g/mol. The third-order valence-corrected chi connectivity index (χ3v) is 3.37. The van der Waals surface area contributed by atoms with Crippen LogP contribution in [0.25, 0.3) is 0 Å². The minimum Gasteiger partial charge on any atom is -0.477 e. The van der Waals surface area contributed by atoms with Crippen molar-refractivity contribution < 1.29 is 9.90 Å². The summed E-state index contributed by atoms with van der Waals surface area (Å²) in [5.41, 5.74) is 0.838. The van der Waals surface area contributed by atoms with Gasteiger partial charge in [-0.25, -0.2) is 14.8 Å². The van der Waals surface area contributed by atoms with E-state index in [2.05, 4.69) is 22.2 Å². The van der Waals surface area contributed by atoms with Crippen LogP contribution in [0.4, 0.5) is 5.69 Å². The van der Waals surface area contributed by atoms with Crippen LogP contribution >= 0.6 is 11.3 Å². The number of rotatable bonds is 5. The Hall–Kier alpha value is -1.95. The van der Waals surface area contributed by atoms with Crippen LogP contribution in [0, 0.1) is 0 Å². The molecule has 6 heteroatoms. The van der Waals surface area contributed by atoms with Gasteiger partial charge in [0.1, 0.15) is 10.7 Å². The molecule has 0 aliphatic heterocycles. The molecular formula is C12H13N3O2S. The number of thiazole rings is 1. The van der Waals surface area contributed by atoms with Crippen LogP contribution in [0.2, 0.25) is 0 Å². The third kappa shape index (κ3) is 2.84. The molecular weight excluding hydrogens is 250 g/mol. The monoisotopic (exact) mass is 263 g/mol. The van der Waals surface area contributed by atoms with Gasteiger partial charge in [0.25, 0.3) is 0 Å². The van der Waals surface area contributed by atoms with E-state index in [1.165, 1.54) is 12.3 Å². The zero-order chi connectivity index (χ0) is 13.0. The van der Waals surface area contributed by atoms with Crippen molar-refractivity contribution in [3.05, 3.63) is 40.6 Å². The topological polar surface area (TPSA) is 75.1 Å². The van der Waals surface area contributed by atoms with Crippen molar-refractivity contribution >= 4 is 23.0 Å². The Balaban J connectivity index is 2.10. The molecule has 94 valence electrons. The van der Waals surface area contributed by atoms with E-state index < -0.39 is 5.97 Å². The van der Waals surface area contributed by atoms with Crippen molar-refractivity contribution in [3.63, 3.8) is 0 Å². The Bertz CT molecular complexity index is 511. The number of hydrogen-bond donors (Lipinski definition) is 2.